The summed E-state index contributed by atoms with van der Waals surface area (Å²) >= 11 is -0.975. The molecule has 0 amide bonds. The first kappa shape index (κ1) is 21.8. The van der Waals surface area contributed by atoms with E-state index in [1.165, 1.54) is 6.20 Å². The van der Waals surface area contributed by atoms with E-state index in [-0.39, 0.29) is 6.04 Å². The van der Waals surface area contributed by atoms with Gasteiger partial charge in [0.15, 0.2) is 5.65 Å². The van der Waals surface area contributed by atoms with Gasteiger partial charge in [-0.25, -0.2) is 4.98 Å². The van der Waals surface area contributed by atoms with E-state index in [1.54, 1.807) is 10.8 Å². The molecule has 0 spiro atoms. The molecule has 1 saturated carbocycles. The van der Waals surface area contributed by atoms with E-state index in [9.17, 15) is 9.81 Å². The predicted molar refractivity (Wildman–Crippen MR) is 131 cm³/mol. The number of nitriles is 1. The lowest BCUT2D eigenvalue weighted by molar-refractivity contribution is 0.505. The number of aromatic nitrogens is 3. The van der Waals surface area contributed by atoms with Gasteiger partial charge in [0, 0.05) is 48.2 Å². The number of benzene rings is 1. The maximum atomic E-state index is 12.1. The molecule has 4 N–H and O–H groups in total. The second kappa shape index (κ2) is 9.09. The summed E-state index contributed by atoms with van der Waals surface area (Å²) in [6.07, 6.45) is 7.60. The van der Waals surface area contributed by atoms with Crippen molar-refractivity contribution < 1.29 is 4.55 Å². The molecule has 10 heteroatoms. The van der Waals surface area contributed by atoms with E-state index in [1.807, 2.05) is 18.2 Å². The minimum atomic E-state index is -0.975. The summed E-state index contributed by atoms with van der Waals surface area (Å²) in [5, 5.41) is 20.6. The average Bonchev–Trinajstić information content (AvgIpc) is 3.49. The van der Waals surface area contributed by atoms with Crippen LogP contribution < -0.4 is 21.3 Å². The van der Waals surface area contributed by atoms with Gasteiger partial charge in [0.25, 0.3) is 0 Å². The Balaban J connectivity index is 1.47. The van der Waals surface area contributed by atoms with Crippen molar-refractivity contribution in [3.8, 4) is 6.07 Å². The molecule has 1 aromatic carbocycles. The van der Waals surface area contributed by atoms with Crippen LogP contribution in [0.3, 0.4) is 0 Å². The summed E-state index contributed by atoms with van der Waals surface area (Å²) in [6.45, 7) is 1.76. The zero-order valence-corrected chi connectivity index (χ0v) is 19.4. The molecule has 9 nitrogen and oxygen atoms in total. The summed E-state index contributed by atoms with van der Waals surface area (Å²) in [4.78, 5) is 6.94. The Bertz CT molecular complexity index is 1200. The lowest BCUT2D eigenvalue weighted by Gasteiger charge is -2.34. The maximum absolute atomic E-state index is 12.1. The van der Waals surface area contributed by atoms with Crippen molar-refractivity contribution in [1.82, 2.24) is 14.6 Å². The van der Waals surface area contributed by atoms with E-state index in [0.717, 1.165) is 61.5 Å². The quantitative estimate of drug-likeness (QED) is 0.455. The first-order valence-corrected chi connectivity index (χ1v) is 13.0. The number of nitrogens with zero attached hydrogens (tertiary/aromatic N) is 5. The SMILES string of the molecule is C[S@+]([O-])Cc1cc(Nc2cc(NC3CC3)n3ncc(C#N)c3n2)ccc1N1CCCC(N)C1. The maximum Gasteiger partial charge on any atom is 0.177 e. The summed E-state index contributed by atoms with van der Waals surface area (Å²) in [6, 6.07) is 10.8. The third-order valence-electron chi connectivity index (χ3n) is 6.03. The molecule has 2 atom stereocenters. The van der Waals surface area contributed by atoms with Gasteiger partial charge in [0.2, 0.25) is 0 Å². The Kier molecular flexibility index (Phi) is 6.01. The molecule has 2 aliphatic rings. The van der Waals surface area contributed by atoms with Crippen molar-refractivity contribution in [2.75, 3.05) is 34.9 Å². The topological polar surface area (TPSA) is 130 Å². The van der Waals surface area contributed by atoms with E-state index in [4.69, 9.17) is 5.73 Å². The smallest absolute Gasteiger partial charge is 0.177 e. The highest BCUT2D eigenvalue weighted by Crippen LogP contribution is 2.31. The second-order valence-electron chi connectivity index (χ2n) is 8.89. The first-order chi connectivity index (χ1) is 16.0. The second-order valence-corrected chi connectivity index (χ2v) is 10.3. The molecule has 1 aliphatic heterocycles. The third kappa shape index (κ3) is 4.85. The standard InChI is InChI=1S/C23H28N8OS/c1-33(32)14-15-9-19(6-7-20(15)30-8-2-3-17(25)13-30)27-21-10-22(28-18-4-5-18)31-23(29-21)16(11-24)12-26-31/h6-7,9-10,12,17-18,28H,2-5,8,13-14,25H2,1H3,(H,27,29)/t17?,33-/m0/s1. The zero-order valence-electron chi connectivity index (χ0n) is 18.6. The molecule has 1 aliphatic carbocycles. The normalized spacial score (nSPS) is 19.3. The van der Waals surface area contributed by atoms with Crippen LogP contribution in [0.15, 0.2) is 30.5 Å². The third-order valence-corrected chi connectivity index (χ3v) is 6.75. The number of piperidine rings is 1. The fraction of sp³-hybridized carbons (Fsp3) is 0.435. The highest BCUT2D eigenvalue weighted by atomic mass is 32.2. The molecule has 5 rings (SSSR count). The summed E-state index contributed by atoms with van der Waals surface area (Å²) in [5.74, 6) is 1.90. The Morgan fingerprint density at radius 2 is 2.15 bits per heavy atom. The van der Waals surface area contributed by atoms with Crippen molar-refractivity contribution in [2.24, 2.45) is 5.73 Å². The number of nitrogens with two attached hydrogens (primary N) is 1. The Morgan fingerprint density at radius 3 is 2.88 bits per heavy atom. The number of rotatable bonds is 7. The van der Waals surface area contributed by atoms with Gasteiger partial charge in [-0.2, -0.15) is 14.9 Å². The fourth-order valence-electron chi connectivity index (χ4n) is 4.33. The molecule has 3 aromatic rings. The summed E-state index contributed by atoms with van der Waals surface area (Å²) < 4.78 is 13.8. The van der Waals surface area contributed by atoms with Crippen LogP contribution in [0.1, 0.15) is 36.8 Å². The van der Waals surface area contributed by atoms with E-state index >= 15 is 0 Å². The van der Waals surface area contributed by atoms with Crippen molar-refractivity contribution in [2.45, 2.75) is 43.5 Å². The van der Waals surface area contributed by atoms with E-state index in [2.05, 4.69) is 37.8 Å². The van der Waals surface area contributed by atoms with Crippen LogP contribution >= 0.6 is 0 Å². The van der Waals surface area contributed by atoms with Gasteiger partial charge in [0.05, 0.1) is 12.5 Å². The van der Waals surface area contributed by atoms with Crippen LogP contribution in [-0.2, 0) is 16.9 Å². The van der Waals surface area contributed by atoms with Gasteiger partial charge in [-0.05, 0) is 43.9 Å². The molecule has 0 radical (unpaired) electrons. The Morgan fingerprint density at radius 1 is 1.30 bits per heavy atom. The molecule has 2 fully saturated rings. The van der Waals surface area contributed by atoms with Gasteiger partial charge in [-0.3, -0.25) is 0 Å². The van der Waals surface area contributed by atoms with Gasteiger partial charge < -0.3 is 25.8 Å². The molecule has 33 heavy (non-hydrogen) atoms. The van der Waals surface area contributed by atoms with Crippen molar-refractivity contribution in [3.05, 3.63) is 41.6 Å². The molecule has 0 bridgehead atoms. The van der Waals surface area contributed by atoms with E-state index in [0.29, 0.717) is 28.8 Å². The minimum absolute atomic E-state index is 0.162. The molecule has 2 aromatic heterocycles. The number of nitrogens with one attached hydrogen (secondary N) is 2. The number of fused-ring (bicyclic) bond motifs is 1. The van der Waals surface area contributed by atoms with Gasteiger partial charge >= 0.3 is 0 Å². The van der Waals surface area contributed by atoms with Gasteiger partial charge in [0.1, 0.15) is 29.0 Å². The monoisotopic (exact) mass is 464 g/mol. The highest BCUT2D eigenvalue weighted by molar-refractivity contribution is 7.89. The molecule has 1 saturated heterocycles. The molecular weight excluding hydrogens is 436 g/mol. The average molecular weight is 465 g/mol. The van der Waals surface area contributed by atoms with Crippen LogP contribution in [0.2, 0.25) is 0 Å². The molecule has 1 unspecified atom stereocenters. The fourth-order valence-corrected chi connectivity index (χ4v) is 5.00. The molecular formula is C23H28N8OS. The largest absolute Gasteiger partial charge is 0.616 e. The van der Waals surface area contributed by atoms with Crippen LogP contribution in [0.5, 0.6) is 0 Å². The van der Waals surface area contributed by atoms with Crippen molar-refractivity contribution in [3.63, 3.8) is 0 Å². The van der Waals surface area contributed by atoms with E-state index < -0.39 is 11.2 Å². The first-order valence-electron chi connectivity index (χ1n) is 11.3. The lowest BCUT2D eigenvalue weighted by Crippen LogP contribution is -2.43. The molecule has 172 valence electrons. The minimum Gasteiger partial charge on any atom is -0.616 e. The number of hydrogen-bond acceptors (Lipinski definition) is 8. The van der Waals surface area contributed by atoms with Crippen molar-refractivity contribution in [1.29, 1.82) is 5.26 Å². The molecule has 3 heterocycles. The summed E-state index contributed by atoms with van der Waals surface area (Å²) in [7, 11) is 0. The number of hydrogen-bond donors (Lipinski definition) is 3. The number of anilines is 4. The van der Waals surface area contributed by atoms with Crippen LogP contribution in [-0.4, -0.2) is 50.6 Å². The zero-order chi connectivity index (χ0) is 22.9. The van der Waals surface area contributed by atoms with Crippen LogP contribution in [0.25, 0.3) is 5.65 Å². The Hall–Kier alpha value is -3.00. The van der Waals surface area contributed by atoms with Gasteiger partial charge in [-0.1, -0.05) is 11.2 Å². The van der Waals surface area contributed by atoms with Crippen LogP contribution in [0.4, 0.5) is 23.0 Å². The van der Waals surface area contributed by atoms with Crippen molar-refractivity contribution >= 4 is 39.8 Å². The summed E-state index contributed by atoms with van der Waals surface area (Å²) in [5.41, 5.74) is 10.1. The highest BCUT2D eigenvalue weighted by Gasteiger charge is 2.24. The lowest BCUT2D eigenvalue weighted by atomic mass is 10.0. The predicted octanol–water partition coefficient (Wildman–Crippen LogP) is 2.72. The Labute approximate surface area is 196 Å². The van der Waals surface area contributed by atoms with Crippen LogP contribution in [0, 0.1) is 11.3 Å². The van der Waals surface area contributed by atoms with Gasteiger partial charge in [-0.15, -0.1) is 0 Å².